The van der Waals surface area contributed by atoms with Crippen LogP contribution in [0.15, 0.2) is 34.4 Å². The van der Waals surface area contributed by atoms with Crippen LogP contribution in [0.3, 0.4) is 0 Å². The summed E-state index contributed by atoms with van der Waals surface area (Å²) in [6.45, 7) is 2.30. The van der Waals surface area contributed by atoms with Crippen molar-refractivity contribution in [1.29, 1.82) is 0 Å². The molecule has 0 radical (unpaired) electrons. The summed E-state index contributed by atoms with van der Waals surface area (Å²) in [5.74, 6) is 0.988. The Morgan fingerprint density at radius 2 is 2.02 bits per heavy atom. The van der Waals surface area contributed by atoms with Gasteiger partial charge in [-0.25, -0.2) is 19.2 Å². The number of benzene rings is 1. The maximum absolute atomic E-state index is 13.8. The van der Waals surface area contributed by atoms with E-state index in [0.29, 0.717) is 35.6 Å². The van der Waals surface area contributed by atoms with Gasteiger partial charge in [-0.05, 0) is 62.5 Å². The average Bonchev–Trinajstić information content (AvgIpc) is 3.52. The van der Waals surface area contributed by atoms with Gasteiger partial charge in [0.2, 0.25) is 5.88 Å². The standard InChI is InChI=1S/C28H29FN6O5S/c1-2-6-35-23(36)19-21(34-25(35)39-17-5-3-4-16(29)8-17)33-24(32-19)27-9-14-7-15(10-27)12-28(30,11-14)20(27)22-31-18(13-41-22)40-26(37)38/h3-5,8,13-15,20H,2,6-7,9-12,30H2,1H3,(H,32,33)(H,37,38). The van der Waals surface area contributed by atoms with E-state index >= 15 is 0 Å². The maximum atomic E-state index is 13.8. The van der Waals surface area contributed by atoms with Crippen molar-refractivity contribution in [3.05, 3.63) is 56.6 Å². The van der Waals surface area contributed by atoms with E-state index in [2.05, 4.69) is 15.0 Å². The van der Waals surface area contributed by atoms with Crippen molar-refractivity contribution in [2.24, 2.45) is 17.6 Å². The topological polar surface area (TPSA) is 158 Å². The zero-order valence-electron chi connectivity index (χ0n) is 22.3. The van der Waals surface area contributed by atoms with E-state index in [1.54, 1.807) is 11.4 Å². The summed E-state index contributed by atoms with van der Waals surface area (Å²) in [6.07, 6.45) is 3.66. The van der Waals surface area contributed by atoms with Crippen molar-refractivity contribution in [3.63, 3.8) is 0 Å². The summed E-state index contributed by atoms with van der Waals surface area (Å²) < 4.78 is 26.0. The number of thiazole rings is 1. The Balaban J connectivity index is 1.36. The van der Waals surface area contributed by atoms with E-state index in [-0.39, 0.29) is 40.3 Å². The van der Waals surface area contributed by atoms with Crippen molar-refractivity contribution in [2.75, 3.05) is 0 Å². The Bertz CT molecular complexity index is 1720. The molecule has 3 aromatic heterocycles. The SMILES string of the molecule is CCCn1c(Oc2cccc(F)c2)nc2nc(C34CC5CC(CC(N)(C5)C3c3nc(OC(=O)O)cs3)C4)[nH]c2c1=O. The number of rotatable bonds is 7. The van der Waals surface area contributed by atoms with Crippen LogP contribution in [0.2, 0.25) is 0 Å². The molecule has 3 unspecified atom stereocenters. The number of nitrogens with two attached hydrogens (primary N) is 1. The summed E-state index contributed by atoms with van der Waals surface area (Å²) in [6, 6.07) is 5.72. The Morgan fingerprint density at radius 1 is 1.24 bits per heavy atom. The van der Waals surface area contributed by atoms with Crippen LogP contribution >= 0.6 is 11.3 Å². The Labute approximate surface area is 237 Å². The van der Waals surface area contributed by atoms with Gasteiger partial charge in [0.25, 0.3) is 5.56 Å². The Hall–Kier alpha value is -3.84. The zero-order chi connectivity index (χ0) is 28.5. The molecule has 4 aliphatic rings. The van der Waals surface area contributed by atoms with Gasteiger partial charge in [0, 0.05) is 29.5 Å². The average molecular weight is 581 g/mol. The van der Waals surface area contributed by atoms with Gasteiger partial charge < -0.3 is 25.3 Å². The van der Waals surface area contributed by atoms with Gasteiger partial charge in [-0.2, -0.15) is 4.98 Å². The number of halogens is 1. The van der Waals surface area contributed by atoms with E-state index in [1.165, 1.54) is 34.1 Å². The molecule has 3 heterocycles. The van der Waals surface area contributed by atoms with E-state index < -0.39 is 22.9 Å². The van der Waals surface area contributed by atoms with E-state index in [1.807, 2.05) is 6.92 Å². The third-order valence-corrected chi connectivity index (χ3v) is 9.77. The lowest BCUT2D eigenvalue weighted by Crippen LogP contribution is -2.67. The number of nitrogens with one attached hydrogen (secondary N) is 1. The number of fused-ring (bicyclic) bond motifs is 1. The molecular formula is C28H29FN6O5S. The first-order valence-electron chi connectivity index (χ1n) is 13.8. The molecule has 0 saturated heterocycles. The summed E-state index contributed by atoms with van der Waals surface area (Å²) in [5, 5.41) is 11.4. The number of carbonyl (C=O) groups is 1. The number of carboxylic acid groups (broad SMARTS) is 1. The second kappa shape index (κ2) is 9.35. The fourth-order valence-corrected chi connectivity index (χ4v) is 8.99. The minimum Gasteiger partial charge on any atom is -0.449 e. The van der Waals surface area contributed by atoms with Gasteiger partial charge in [-0.3, -0.25) is 9.36 Å². The molecule has 13 heteroatoms. The minimum atomic E-state index is -1.42. The van der Waals surface area contributed by atoms with E-state index in [4.69, 9.17) is 25.3 Å². The first-order valence-corrected chi connectivity index (χ1v) is 14.6. The highest BCUT2D eigenvalue weighted by Crippen LogP contribution is 2.67. The third-order valence-electron chi connectivity index (χ3n) is 8.88. The number of nitrogens with zero attached hydrogens (tertiary/aromatic N) is 4. The van der Waals surface area contributed by atoms with Crippen LogP contribution in [0.4, 0.5) is 9.18 Å². The second-order valence-electron chi connectivity index (χ2n) is 11.7. The fourth-order valence-electron chi connectivity index (χ4n) is 7.93. The lowest BCUT2D eigenvalue weighted by Gasteiger charge is -2.64. The van der Waals surface area contributed by atoms with E-state index in [9.17, 15) is 14.0 Å². The molecule has 0 spiro atoms. The highest BCUT2D eigenvalue weighted by molar-refractivity contribution is 7.10. The number of H-pyrrole nitrogens is 1. The molecule has 0 aliphatic heterocycles. The van der Waals surface area contributed by atoms with Crippen LogP contribution in [0.25, 0.3) is 11.2 Å². The number of aromatic amines is 1. The molecule has 8 rings (SSSR count). The Morgan fingerprint density at radius 3 is 2.73 bits per heavy atom. The van der Waals surface area contributed by atoms with Crippen LogP contribution in [0.5, 0.6) is 17.6 Å². The van der Waals surface area contributed by atoms with Crippen LogP contribution in [0, 0.1) is 17.7 Å². The highest BCUT2D eigenvalue weighted by Gasteiger charge is 2.65. The lowest BCUT2D eigenvalue weighted by molar-refractivity contribution is -0.0488. The van der Waals surface area contributed by atoms with Gasteiger partial charge in [-0.15, -0.1) is 11.3 Å². The van der Waals surface area contributed by atoms with Crippen LogP contribution in [-0.2, 0) is 12.0 Å². The number of imidazole rings is 1. The highest BCUT2D eigenvalue weighted by atomic mass is 32.1. The van der Waals surface area contributed by atoms with Crippen molar-refractivity contribution in [3.8, 4) is 17.6 Å². The summed E-state index contributed by atoms with van der Waals surface area (Å²) >= 11 is 1.33. The molecule has 214 valence electrons. The smallest absolute Gasteiger partial charge is 0.449 e. The predicted octanol–water partition coefficient (Wildman–Crippen LogP) is 4.92. The molecule has 0 amide bonds. The fraction of sp³-hybridized carbons (Fsp3) is 0.464. The quantitative estimate of drug-likeness (QED) is 0.258. The van der Waals surface area contributed by atoms with Crippen molar-refractivity contribution < 1.29 is 23.8 Å². The van der Waals surface area contributed by atoms with Gasteiger partial charge in [0.05, 0.1) is 5.38 Å². The Kier molecular flexibility index (Phi) is 5.95. The number of aromatic nitrogens is 5. The normalized spacial score (nSPS) is 28.3. The van der Waals surface area contributed by atoms with Crippen LogP contribution in [0.1, 0.15) is 62.2 Å². The molecule has 4 aromatic rings. The molecule has 41 heavy (non-hydrogen) atoms. The lowest BCUT2D eigenvalue weighted by atomic mass is 9.42. The van der Waals surface area contributed by atoms with Gasteiger partial charge in [-0.1, -0.05) is 13.0 Å². The maximum Gasteiger partial charge on any atom is 0.512 e. The molecular weight excluding hydrogens is 551 g/mol. The van der Waals surface area contributed by atoms with Gasteiger partial charge >= 0.3 is 12.2 Å². The molecule has 3 atom stereocenters. The molecule has 4 aliphatic carbocycles. The third kappa shape index (κ3) is 4.21. The molecule has 4 fully saturated rings. The molecule has 4 saturated carbocycles. The molecule has 1 aromatic carbocycles. The number of hydrogen-bond donors (Lipinski definition) is 3. The van der Waals surface area contributed by atoms with Crippen molar-refractivity contribution >= 4 is 28.7 Å². The summed E-state index contributed by atoms with van der Waals surface area (Å²) in [4.78, 5) is 42.3. The van der Waals surface area contributed by atoms with E-state index in [0.717, 1.165) is 32.1 Å². The van der Waals surface area contributed by atoms with Crippen molar-refractivity contribution in [2.45, 2.75) is 68.9 Å². The zero-order valence-corrected chi connectivity index (χ0v) is 23.1. The summed E-state index contributed by atoms with van der Waals surface area (Å²) in [7, 11) is 0. The largest absolute Gasteiger partial charge is 0.512 e. The second-order valence-corrected chi connectivity index (χ2v) is 12.6. The first kappa shape index (κ1) is 26.1. The monoisotopic (exact) mass is 580 g/mol. The molecule has 4 bridgehead atoms. The van der Waals surface area contributed by atoms with Crippen LogP contribution < -0.4 is 20.8 Å². The number of hydrogen-bond acceptors (Lipinski definition) is 9. The molecule has 4 N–H and O–H groups in total. The van der Waals surface area contributed by atoms with Crippen molar-refractivity contribution in [1.82, 2.24) is 24.5 Å². The molecule has 11 nitrogen and oxygen atoms in total. The minimum absolute atomic E-state index is 0.0259. The van der Waals surface area contributed by atoms with Gasteiger partial charge in [0.1, 0.15) is 22.4 Å². The summed E-state index contributed by atoms with van der Waals surface area (Å²) in [5.41, 5.74) is 6.26. The first-order chi connectivity index (χ1) is 19.7. The van der Waals surface area contributed by atoms with Crippen LogP contribution in [-0.4, -0.2) is 41.3 Å². The number of ether oxygens (including phenoxy) is 2. The predicted molar refractivity (Wildman–Crippen MR) is 147 cm³/mol. The van der Waals surface area contributed by atoms with Gasteiger partial charge in [0.15, 0.2) is 11.2 Å².